The van der Waals surface area contributed by atoms with Crippen LogP contribution < -0.4 is 0 Å². The summed E-state index contributed by atoms with van der Waals surface area (Å²) < 4.78 is 0. The van der Waals surface area contributed by atoms with Crippen molar-refractivity contribution in [2.75, 3.05) is 0 Å². The number of fused-ring (bicyclic) bond motifs is 1. The number of nitrogens with zero attached hydrogens (tertiary/aromatic N) is 2. The van der Waals surface area contributed by atoms with Crippen LogP contribution >= 0.6 is 0 Å². The number of aryl methyl sites for hydroxylation is 1. The van der Waals surface area contributed by atoms with Gasteiger partial charge in [-0.3, -0.25) is 4.79 Å². The second kappa shape index (κ2) is 4.82. The zero-order valence-corrected chi connectivity index (χ0v) is 10.3. The predicted molar refractivity (Wildman–Crippen MR) is 63.9 cm³/mol. The zero-order chi connectivity index (χ0) is 12.4. The third kappa shape index (κ3) is 2.30. The fraction of sp³-hybridized carbons (Fsp3) is 0.615. The average molecular weight is 234 g/mol. The highest BCUT2D eigenvalue weighted by Gasteiger charge is 2.29. The van der Waals surface area contributed by atoms with Gasteiger partial charge < -0.3 is 5.11 Å². The normalized spacial score (nSPS) is 16.6. The number of carboxylic acids is 1. The second-order valence-electron chi connectivity index (χ2n) is 4.95. The third-order valence-corrected chi connectivity index (χ3v) is 3.39. The van der Waals surface area contributed by atoms with Gasteiger partial charge in [-0.2, -0.15) is 0 Å². The smallest absolute Gasteiger partial charge is 0.312 e. The van der Waals surface area contributed by atoms with Crippen molar-refractivity contribution in [1.82, 2.24) is 9.97 Å². The van der Waals surface area contributed by atoms with Gasteiger partial charge in [0.15, 0.2) is 0 Å². The number of aromatic nitrogens is 2. The first kappa shape index (κ1) is 12.0. The van der Waals surface area contributed by atoms with Crippen LogP contribution in [-0.4, -0.2) is 21.0 Å². The summed E-state index contributed by atoms with van der Waals surface area (Å²) in [5.41, 5.74) is 2.87. The van der Waals surface area contributed by atoms with E-state index in [1.54, 1.807) is 0 Å². The second-order valence-corrected chi connectivity index (χ2v) is 4.95. The molecule has 1 aliphatic carbocycles. The Labute approximate surface area is 101 Å². The van der Waals surface area contributed by atoms with Gasteiger partial charge in [-0.05, 0) is 37.2 Å². The fourth-order valence-electron chi connectivity index (χ4n) is 2.53. The molecule has 1 aromatic rings. The van der Waals surface area contributed by atoms with Gasteiger partial charge in [0, 0.05) is 5.69 Å². The first-order valence-corrected chi connectivity index (χ1v) is 6.16. The summed E-state index contributed by atoms with van der Waals surface area (Å²) >= 11 is 0. The first-order chi connectivity index (χ1) is 8.11. The Morgan fingerprint density at radius 1 is 1.29 bits per heavy atom. The van der Waals surface area contributed by atoms with Crippen molar-refractivity contribution in [2.45, 2.75) is 45.4 Å². The fourth-order valence-corrected chi connectivity index (χ4v) is 2.53. The van der Waals surface area contributed by atoms with E-state index in [-0.39, 0.29) is 5.92 Å². The molecule has 0 spiro atoms. The largest absolute Gasteiger partial charge is 0.481 e. The molecule has 0 saturated heterocycles. The van der Waals surface area contributed by atoms with Crippen LogP contribution in [0.25, 0.3) is 0 Å². The van der Waals surface area contributed by atoms with Crippen molar-refractivity contribution >= 4 is 5.97 Å². The standard InChI is InChI=1S/C13H18N2O2/c1-8(2)11(13(16)17)12-9-5-3-4-6-10(9)14-7-15-12/h7-8,11H,3-6H2,1-2H3,(H,16,17). The summed E-state index contributed by atoms with van der Waals surface area (Å²) in [4.78, 5) is 19.9. The highest BCUT2D eigenvalue weighted by Crippen LogP contribution is 2.30. The molecule has 1 heterocycles. The molecule has 1 aliphatic rings. The number of carboxylic acid groups (broad SMARTS) is 1. The van der Waals surface area contributed by atoms with E-state index in [9.17, 15) is 9.90 Å². The van der Waals surface area contributed by atoms with Gasteiger partial charge in [-0.1, -0.05) is 13.8 Å². The maximum atomic E-state index is 11.4. The minimum Gasteiger partial charge on any atom is -0.481 e. The highest BCUT2D eigenvalue weighted by atomic mass is 16.4. The van der Waals surface area contributed by atoms with E-state index in [4.69, 9.17) is 0 Å². The van der Waals surface area contributed by atoms with Crippen molar-refractivity contribution in [3.8, 4) is 0 Å². The Kier molecular flexibility index (Phi) is 3.41. The molecule has 1 aromatic heterocycles. The van der Waals surface area contributed by atoms with Crippen LogP contribution in [0.5, 0.6) is 0 Å². The average Bonchev–Trinajstić information content (AvgIpc) is 2.28. The summed E-state index contributed by atoms with van der Waals surface area (Å²) in [5, 5.41) is 9.34. The van der Waals surface area contributed by atoms with Crippen molar-refractivity contribution in [2.24, 2.45) is 5.92 Å². The molecule has 0 amide bonds. The lowest BCUT2D eigenvalue weighted by molar-refractivity contribution is -0.140. The molecule has 1 unspecified atom stereocenters. The van der Waals surface area contributed by atoms with Crippen molar-refractivity contribution < 1.29 is 9.90 Å². The molecule has 0 fully saturated rings. The number of hydrogen-bond donors (Lipinski definition) is 1. The molecule has 1 atom stereocenters. The van der Waals surface area contributed by atoms with E-state index >= 15 is 0 Å². The first-order valence-electron chi connectivity index (χ1n) is 6.16. The van der Waals surface area contributed by atoms with Gasteiger partial charge in [0.1, 0.15) is 12.2 Å². The molecule has 0 bridgehead atoms. The van der Waals surface area contributed by atoms with Gasteiger partial charge in [0.05, 0.1) is 5.69 Å². The molecular formula is C13H18N2O2. The maximum Gasteiger partial charge on any atom is 0.312 e. The Bertz CT molecular complexity index is 429. The minimum absolute atomic E-state index is 0.0495. The van der Waals surface area contributed by atoms with E-state index in [1.165, 1.54) is 6.33 Å². The molecule has 92 valence electrons. The summed E-state index contributed by atoms with van der Waals surface area (Å²) in [6, 6.07) is 0. The Balaban J connectivity index is 2.46. The van der Waals surface area contributed by atoms with Crippen LogP contribution in [0, 0.1) is 5.92 Å². The van der Waals surface area contributed by atoms with E-state index in [0.29, 0.717) is 0 Å². The lowest BCUT2D eigenvalue weighted by Crippen LogP contribution is -2.22. The van der Waals surface area contributed by atoms with Gasteiger partial charge in [0.2, 0.25) is 0 Å². The molecule has 0 radical (unpaired) electrons. The molecule has 17 heavy (non-hydrogen) atoms. The molecule has 0 aromatic carbocycles. The number of rotatable bonds is 3. The lowest BCUT2D eigenvalue weighted by Gasteiger charge is -2.22. The molecule has 0 saturated carbocycles. The van der Waals surface area contributed by atoms with E-state index < -0.39 is 11.9 Å². The van der Waals surface area contributed by atoms with Gasteiger partial charge in [-0.15, -0.1) is 0 Å². The number of aliphatic carboxylic acids is 1. The Morgan fingerprint density at radius 3 is 2.65 bits per heavy atom. The Hall–Kier alpha value is -1.45. The molecule has 4 nitrogen and oxygen atoms in total. The van der Waals surface area contributed by atoms with E-state index in [0.717, 1.165) is 42.6 Å². The number of hydrogen-bond acceptors (Lipinski definition) is 3. The third-order valence-electron chi connectivity index (χ3n) is 3.39. The van der Waals surface area contributed by atoms with E-state index in [2.05, 4.69) is 9.97 Å². The zero-order valence-electron chi connectivity index (χ0n) is 10.3. The van der Waals surface area contributed by atoms with Crippen LogP contribution in [-0.2, 0) is 17.6 Å². The minimum atomic E-state index is -0.786. The van der Waals surface area contributed by atoms with Gasteiger partial charge in [-0.25, -0.2) is 9.97 Å². The summed E-state index contributed by atoms with van der Waals surface area (Å²) in [7, 11) is 0. The Morgan fingerprint density at radius 2 is 2.00 bits per heavy atom. The molecule has 4 heteroatoms. The maximum absolute atomic E-state index is 11.4. The molecule has 2 rings (SSSR count). The van der Waals surface area contributed by atoms with Crippen LogP contribution in [0.1, 0.15) is 49.6 Å². The van der Waals surface area contributed by atoms with Crippen LogP contribution in [0.3, 0.4) is 0 Å². The SMILES string of the molecule is CC(C)C(C(=O)O)c1ncnc2c1CCCC2. The summed E-state index contributed by atoms with van der Waals surface area (Å²) in [6.07, 6.45) is 5.63. The summed E-state index contributed by atoms with van der Waals surface area (Å²) in [6.45, 7) is 3.85. The van der Waals surface area contributed by atoms with Crippen molar-refractivity contribution in [3.63, 3.8) is 0 Å². The number of carbonyl (C=O) groups is 1. The van der Waals surface area contributed by atoms with Crippen molar-refractivity contribution in [3.05, 3.63) is 23.3 Å². The summed E-state index contributed by atoms with van der Waals surface area (Å²) in [5.74, 6) is -1.25. The molecule has 1 N–H and O–H groups in total. The predicted octanol–water partition coefficient (Wildman–Crippen LogP) is 2.18. The van der Waals surface area contributed by atoms with Crippen LogP contribution in [0.2, 0.25) is 0 Å². The molecular weight excluding hydrogens is 216 g/mol. The van der Waals surface area contributed by atoms with Crippen LogP contribution in [0.15, 0.2) is 6.33 Å². The van der Waals surface area contributed by atoms with Gasteiger partial charge in [0.25, 0.3) is 0 Å². The van der Waals surface area contributed by atoms with Crippen molar-refractivity contribution in [1.29, 1.82) is 0 Å². The van der Waals surface area contributed by atoms with Crippen LogP contribution in [0.4, 0.5) is 0 Å². The molecule has 0 aliphatic heterocycles. The topological polar surface area (TPSA) is 63.1 Å². The lowest BCUT2D eigenvalue weighted by atomic mass is 9.85. The van der Waals surface area contributed by atoms with E-state index in [1.807, 2.05) is 13.8 Å². The van der Waals surface area contributed by atoms with Gasteiger partial charge >= 0.3 is 5.97 Å². The highest BCUT2D eigenvalue weighted by molar-refractivity contribution is 5.76. The monoisotopic (exact) mass is 234 g/mol. The quantitative estimate of drug-likeness (QED) is 0.870.